The van der Waals surface area contributed by atoms with Crippen LogP contribution in [-0.4, -0.2) is 53.2 Å². The molecular weight excluding hydrogens is 483 g/mol. The molecule has 30 heavy (non-hydrogen) atoms. The molecule has 0 amide bonds. The summed E-state index contributed by atoms with van der Waals surface area (Å²) in [6.07, 6.45) is 7.09. The van der Waals surface area contributed by atoms with Gasteiger partial charge in [0.1, 0.15) is 0 Å². The van der Waals surface area contributed by atoms with Crippen LogP contribution in [0.15, 0.2) is 48.5 Å². The second-order valence-corrected chi connectivity index (χ2v) is 10.9. The van der Waals surface area contributed by atoms with Crippen LogP contribution in [0.4, 0.5) is 0 Å². The Morgan fingerprint density at radius 1 is 1.00 bits per heavy atom. The topological polar surface area (TPSA) is 26.7 Å². The molecule has 0 aromatic heterocycles. The molecule has 2 aromatic carbocycles. The number of hydrogen-bond acceptors (Lipinski definition) is 3. The monoisotopic (exact) mass is 516 g/mol. The molecule has 2 heterocycles. The number of likely N-dealkylation sites (tertiary alicyclic amines) is 2. The van der Waals surface area contributed by atoms with Gasteiger partial charge in [-0.2, -0.15) is 0 Å². The minimum Gasteiger partial charge on any atom is -0.391 e. The second-order valence-electron chi connectivity index (χ2n) is 9.62. The number of benzene rings is 2. The van der Waals surface area contributed by atoms with Crippen LogP contribution in [0.25, 0.3) is 0 Å². The molecule has 0 radical (unpaired) electrons. The lowest BCUT2D eigenvalue weighted by molar-refractivity contribution is -0.0298. The number of hydrogen-bond donors (Lipinski definition) is 1. The number of aliphatic hydroxyl groups excluding tert-OH is 1. The van der Waals surface area contributed by atoms with E-state index in [1.54, 1.807) is 11.1 Å². The highest BCUT2D eigenvalue weighted by molar-refractivity contribution is 14.1. The average molecular weight is 516 g/mol. The van der Waals surface area contributed by atoms with Gasteiger partial charge >= 0.3 is 0 Å². The molecule has 160 valence electrons. The van der Waals surface area contributed by atoms with Gasteiger partial charge in [-0.3, -0.25) is 9.80 Å². The lowest BCUT2D eigenvalue weighted by atomic mass is 9.64. The maximum Gasteiger partial charge on any atom is 0.0720 e. The average Bonchev–Trinajstić information content (AvgIpc) is 2.76. The van der Waals surface area contributed by atoms with Crippen molar-refractivity contribution in [3.63, 3.8) is 0 Å². The molecule has 0 saturated carbocycles. The van der Waals surface area contributed by atoms with E-state index in [0.717, 1.165) is 39.1 Å². The van der Waals surface area contributed by atoms with E-state index in [0.29, 0.717) is 5.41 Å². The Bertz CT molecular complexity index is 877. The SMILES string of the molecule is OC1CCN(Cc2cccc(I)c2)CC1N1CCC2(CCCc3ccccc32)CC1. The largest absolute Gasteiger partial charge is 0.391 e. The standard InChI is InChI=1S/C26H33IN2O/c27-22-8-3-5-20(17-22)18-28-14-10-25(30)24(19-28)29-15-12-26(13-16-29)11-4-7-21-6-1-2-9-23(21)26/h1-3,5-6,8-9,17,24-25,30H,4,7,10-16,18-19H2. The van der Waals surface area contributed by atoms with Gasteiger partial charge in [0.15, 0.2) is 0 Å². The first-order chi connectivity index (χ1) is 14.6. The zero-order valence-corrected chi connectivity index (χ0v) is 19.9. The van der Waals surface area contributed by atoms with Gasteiger partial charge < -0.3 is 5.11 Å². The van der Waals surface area contributed by atoms with Crippen molar-refractivity contribution in [2.75, 3.05) is 26.2 Å². The zero-order chi connectivity index (χ0) is 20.6. The Morgan fingerprint density at radius 3 is 2.67 bits per heavy atom. The number of rotatable bonds is 3. The molecule has 2 atom stereocenters. The minimum absolute atomic E-state index is 0.190. The molecule has 2 aliphatic heterocycles. The first-order valence-electron chi connectivity index (χ1n) is 11.6. The first kappa shape index (κ1) is 20.9. The normalized spacial score (nSPS) is 27.1. The Kier molecular flexibility index (Phi) is 6.20. The van der Waals surface area contributed by atoms with Crippen LogP contribution in [0.2, 0.25) is 0 Å². The quantitative estimate of drug-likeness (QED) is 0.605. The third kappa shape index (κ3) is 4.21. The number of aliphatic hydroxyl groups is 1. The first-order valence-corrected chi connectivity index (χ1v) is 12.7. The van der Waals surface area contributed by atoms with Gasteiger partial charge in [-0.1, -0.05) is 36.4 Å². The van der Waals surface area contributed by atoms with Crippen LogP contribution >= 0.6 is 22.6 Å². The summed E-state index contributed by atoms with van der Waals surface area (Å²) in [7, 11) is 0. The predicted molar refractivity (Wildman–Crippen MR) is 131 cm³/mol. The fourth-order valence-corrected chi connectivity index (χ4v) is 6.80. The van der Waals surface area contributed by atoms with Gasteiger partial charge in [0.05, 0.1) is 6.10 Å². The molecule has 3 nitrogen and oxygen atoms in total. The number of halogens is 1. The fraction of sp³-hybridized carbons (Fsp3) is 0.538. The summed E-state index contributed by atoms with van der Waals surface area (Å²) in [5.74, 6) is 0. The Balaban J connectivity index is 1.25. The van der Waals surface area contributed by atoms with Crippen LogP contribution < -0.4 is 0 Å². The highest BCUT2D eigenvalue weighted by atomic mass is 127. The van der Waals surface area contributed by atoms with E-state index in [2.05, 4.69) is 80.9 Å². The van der Waals surface area contributed by atoms with E-state index in [1.807, 2.05) is 0 Å². The number of aryl methyl sites for hydroxylation is 1. The van der Waals surface area contributed by atoms with E-state index in [-0.39, 0.29) is 12.1 Å². The second kappa shape index (κ2) is 8.89. The molecule has 0 bridgehead atoms. The van der Waals surface area contributed by atoms with Gasteiger partial charge in [0, 0.05) is 29.2 Å². The van der Waals surface area contributed by atoms with E-state index in [1.165, 1.54) is 41.2 Å². The van der Waals surface area contributed by atoms with Crippen molar-refractivity contribution in [1.29, 1.82) is 0 Å². The molecule has 4 heteroatoms. The third-order valence-electron chi connectivity index (χ3n) is 7.84. The summed E-state index contributed by atoms with van der Waals surface area (Å²) in [5, 5.41) is 10.8. The Labute approximate surface area is 194 Å². The predicted octanol–water partition coefficient (Wildman–Crippen LogP) is 4.60. The van der Waals surface area contributed by atoms with Gasteiger partial charge in [-0.05, 0) is 108 Å². The molecule has 2 unspecified atom stereocenters. The molecule has 5 rings (SSSR count). The smallest absolute Gasteiger partial charge is 0.0720 e. The minimum atomic E-state index is -0.190. The summed E-state index contributed by atoms with van der Waals surface area (Å²) in [6.45, 7) is 5.20. The van der Waals surface area contributed by atoms with Crippen LogP contribution in [0.1, 0.15) is 48.8 Å². The number of piperidine rings is 2. The van der Waals surface area contributed by atoms with E-state index in [9.17, 15) is 5.11 Å². The van der Waals surface area contributed by atoms with Crippen molar-refractivity contribution in [2.45, 2.75) is 62.6 Å². The fourth-order valence-electron chi connectivity index (χ4n) is 6.19. The van der Waals surface area contributed by atoms with Crippen molar-refractivity contribution in [1.82, 2.24) is 9.80 Å². The van der Waals surface area contributed by atoms with Crippen molar-refractivity contribution in [3.05, 3.63) is 68.8 Å². The maximum atomic E-state index is 10.8. The van der Waals surface area contributed by atoms with E-state index >= 15 is 0 Å². The van der Waals surface area contributed by atoms with Crippen LogP contribution in [0, 0.1) is 3.57 Å². The summed E-state index contributed by atoms with van der Waals surface area (Å²) in [6, 6.07) is 18.3. The number of nitrogens with zero attached hydrogens (tertiary/aromatic N) is 2. The van der Waals surface area contributed by atoms with E-state index in [4.69, 9.17) is 0 Å². The highest BCUT2D eigenvalue weighted by Gasteiger charge is 2.42. The third-order valence-corrected chi connectivity index (χ3v) is 8.51. The van der Waals surface area contributed by atoms with Crippen molar-refractivity contribution >= 4 is 22.6 Å². The van der Waals surface area contributed by atoms with Crippen molar-refractivity contribution in [2.24, 2.45) is 0 Å². The maximum absolute atomic E-state index is 10.8. The molecular formula is C26H33IN2O. The van der Waals surface area contributed by atoms with Crippen molar-refractivity contribution < 1.29 is 5.11 Å². The summed E-state index contributed by atoms with van der Waals surface area (Å²) in [5.41, 5.74) is 4.97. The lowest BCUT2D eigenvalue weighted by Gasteiger charge is -2.50. The Hall–Kier alpha value is -0.950. The summed E-state index contributed by atoms with van der Waals surface area (Å²) >= 11 is 2.39. The molecule has 2 fully saturated rings. The zero-order valence-electron chi connectivity index (χ0n) is 17.8. The van der Waals surface area contributed by atoms with Gasteiger partial charge in [0.2, 0.25) is 0 Å². The van der Waals surface area contributed by atoms with Crippen LogP contribution in [0.5, 0.6) is 0 Å². The highest BCUT2D eigenvalue weighted by Crippen LogP contribution is 2.45. The van der Waals surface area contributed by atoms with E-state index < -0.39 is 0 Å². The van der Waals surface area contributed by atoms with Gasteiger partial charge in [-0.15, -0.1) is 0 Å². The molecule has 3 aliphatic rings. The van der Waals surface area contributed by atoms with Crippen molar-refractivity contribution in [3.8, 4) is 0 Å². The molecule has 1 aliphatic carbocycles. The molecule has 1 N–H and O–H groups in total. The molecule has 1 spiro atoms. The van der Waals surface area contributed by atoms with Crippen LogP contribution in [-0.2, 0) is 18.4 Å². The number of fused-ring (bicyclic) bond motifs is 2. The molecule has 2 saturated heterocycles. The summed E-state index contributed by atoms with van der Waals surface area (Å²) < 4.78 is 1.30. The molecule has 2 aromatic rings. The van der Waals surface area contributed by atoms with Gasteiger partial charge in [0.25, 0.3) is 0 Å². The summed E-state index contributed by atoms with van der Waals surface area (Å²) in [4.78, 5) is 5.15. The van der Waals surface area contributed by atoms with Gasteiger partial charge in [-0.25, -0.2) is 0 Å². The Morgan fingerprint density at radius 2 is 1.83 bits per heavy atom. The lowest BCUT2D eigenvalue weighted by Crippen LogP contribution is -2.58. The van der Waals surface area contributed by atoms with Crippen LogP contribution in [0.3, 0.4) is 0 Å².